The molecule has 0 saturated carbocycles. The predicted molar refractivity (Wildman–Crippen MR) is 112 cm³/mol. The Bertz CT molecular complexity index is 1250. The van der Waals surface area contributed by atoms with Gasteiger partial charge in [0.25, 0.3) is 5.91 Å². The molecule has 4 aliphatic rings. The number of rotatable bonds is 1. The zero-order valence-corrected chi connectivity index (χ0v) is 17.8. The highest BCUT2D eigenvalue weighted by atomic mass is 35.5. The summed E-state index contributed by atoms with van der Waals surface area (Å²) in [6, 6.07) is 9.08. The number of anilines is 2. The first-order valence-electron chi connectivity index (χ1n) is 10.6. The van der Waals surface area contributed by atoms with E-state index < -0.39 is 58.6 Å². The number of halogens is 4. The van der Waals surface area contributed by atoms with Crippen LogP contribution < -0.4 is 10.2 Å². The molecule has 33 heavy (non-hydrogen) atoms. The van der Waals surface area contributed by atoms with Gasteiger partial charge in [0.15, 0.2) is 0 Å². The summed E-state index contributed by atoms with van der Waals surface area (Å²) in [6.07, 6.45) is -3.48. The Morgan fingerprint density at radius 2 is 1.79 bits per heavy atom. The Labute approximate surface area is 191 Å². The van der Waals surface area contributed by atoms with Crippen LogP contribution in [0.5, 0.6) is 0 Å². The highest BCUT2D eigenvalue weighted by molar-refractivity contribution is 6.35. The standard InChI is InChI=1S/C23H17ClF3N3O3/c24-13-7-3-6-12-18(13)28-21(33)22(12)17-16(15-9-4-10-29(15)22)19(31)30(20(17)32)14-8-2-1-5-11(14)23(25,26)27/h1-3,5-8,15-17H,4,9-10H2,(H,28,33)/t15-,16+,17-,22-/m0/s1. The summed E-state index contributed by atoms with van der Waals surface area (Å²) in [5.74, 6) is -4.02. The number of nitrogens with one attached hydrogen (secondary N) is 1. The van der Waals surface area contributed by atoms with Crippen molar-refractivity contribution in [3.05, 3.63) is 58.6 Å². The van der Waals surface area contributed by atoms with Gasteiger partial charge in [-0.25, -0.2) is 4.90 Å². The molecule has 4 aliphatic heterocycles. The molecule has 2 aromatic carbocycles. The first-order valence-corrected chi connectivity index (χ1v) is 11.0. The second-order valence-electron chi connectivity index (χ2n) is 8.82. The first kappa shape index (κ1) is 20.7. The number of carbonyl (C=O) groups is 3. The van der Waals surface area contributed by atoms with Crippen LogP contribution in [0.2, 0.25) is 5.02 Å². The SMILES string of the molecule is O=C1[C@H]2[C@@H](C(=O)N1c1ccccc1C(F)(F)F)[C@@]1(C(=O)Nc3c(Cl)cccc31)N1CCC[C@@H]21. The zero-order chi connectivity index (χ0) is 23.3. The quantitative estimate of drug-likeness (QED) is 0.637. The smallest absolute Gasteiger partial charge is 0.323 e. The molecular weight excluding hydrogens is 459 g/mol. The van der Waals surface area contributed by atoms with E-state index in [9.17, 15) is 27.6 Å². The van der Waals surface area contributed by atoms with Gasteiger partial charge in [-0.2, -0.15) is 13.2 Å². The Morgan fingerprint density at radius 1 is 1.03 bits per heavy atom. The van der Waals surface area contributed by atoms with E-state index in [1.54, 1.807) is 18.2 Å². The predicted octanol–water partition coefficient (Wildman–Crippen LogP) is 3.79. The third kappa shape index (κ3) is 2.41. The second kappa shape index (κ2) is 6.57. The first-order chi connectivity index (χ1) is 15.7. The van der Waals surface area contributed by atoms with E-state index in [0.717, 1.165) is 12.1 Å². The summed E-state index contributed by atoms with van der Waals surface area (Å²) in [7, 11) is 0. The molecule has 6 rings (SSSR count). The Hall–Kier alpha value is -2.91. The number of imide groups is 1. The van der Waals surface area contributed by atoms with Gasteiger partial charge in [0.05, 0.1) is 33.8 Å². The molecule has 3 amide bonds. The molecule has 0 unspecified atom stereocenters. The normalized spacial score (nSPS) is 30.7. The van der Waals surface area contributed by atoms with E-state index in [0.29, 0.717) is 40.6 Å². The molecule has 2 aromatic rings. The molecule has 1 spiro atoms. The van der Waals surface area contributed by atoms with Crippen LogP contribution in [0.3, 0.4) is 0 Å². The lowest BCUT2D eigenvalue weighted by Crippen LogP contribution is -2.54. The number of alkyl halides is 3. The lowest BCUT2D eigenvalue weighted by Gasteiger charge is -2.36. The van der Waals surface area contributed by atoms with Gasteiger partial charge in [0, 0.05) is 11.6 Å². The fourth-order valence-electron chi connectivity index (χ4n) is 6.34. The minimum atomic E-state index is -4.75. The molecule has 6 nitrogen and oxygen atoms in total. The molecule has 4 heterocycles. The Kier molecular flexibility index (Phi) is 4.12. The molecule has 0 radical (unpaired) electrons. The van der Waals surface area contributed by atoms with Gasteiger partial charge in [-0.05, 0) is 37.6 Å². The summed E-state index contributed by atoms with van der Waals surface area (Å²) in [5, 5.41) is 3.07. The van der Waals surface area contributed by atoms with Crippen LogP contribution in [0, 0.1) is 11.8 Å². The van der Waals surface area contributed by atoms with Crippen LogP contribution in [-0.2, 0) is 26.1 Å². The van der Waals surface area contributed by atoms with Crippen molar-refractivity contribution in [3.8, 4) is 0 Å². The molecular formula is C23H17ClF3N3O3. The van der Waals surface area contributed by atoms with Crippen molar-refractivity contribution in [1.29, 1.82) is 0 Å². The van der Waals surface area contributed by atoms with Gasteiger partial charge >= 0.3 is 6.18 Å². The Balaban J connectivity index is 1.57. The van der Waals surface area contributed by atoms with Gasteiger partial charge in [-0.15, -0.1) is 0 Å². The molecule has 4 atom stereocenters. The fraction of sp³-hybridized carbons (Fsp3) is 0.348. The number of benzene rings is 2. The number of carbonyl (C=O) groups excluding carboxylic acids is 3. The van der Waals surface area contributed by atoms with Crippen molar-refractivity contribution in [2.45, 2.75) is 30.6 Å². The molecule has 10 heteroatoms. The van der Waals surface area contributed by atoms with Gasteiger partial charge in [0.2, 0.25) is 11.8 Å². The average Bonchev–Trinajstić information content (AvgIpc) is 3.47. The monoisotopic (exact) mass is 475 g/mol. The third-order valence-electron chi connectivity index (χ3n) is 7.43. The molecule has 0 bridgehead atoms. The van der Waals surface area contributed by atoms with Crippen molar-refractivity contribution in [3.63, 3.8) is 0 Å². The summed E-state index contributed by atoms with van der Waals surface area (Å²) >= 11 is 6.32. The summed E-state index contributed by atoms with van der Waals surface area (Å²) in [5.41, 5.74) is -2.18. The van der Waals surface area contributed by atoms with E-state index in [1.165, 1.54) is 12.1 Å². The number of nitrogens with zero attached hydrogens (tertiary/aromatic N) is 2. The van der Waals surface area contributed by atoms with Gasteiger partial charge in [-0.1, -0.05) is 35.9 Å². The minimum absolute atomic E-state index is 0.299. The van der Waals surface area contributed by atoms with Crippen molar-refractivity contribution in [2.75, 3.05) is 16.8 Å². The topological polar surface area (TPSA) is 69.7 Å². The van der Waals surface area contributed by atoms with Crippen LogP contribution in [0.15, 0.2) is 42.5 Å². The molecule has 1 N–H and O–H groups in total. The number of fused-ring (bicyclic) bond motifs is 7. The molecule has 3 fully saturated rings. The van der Waals surface area contributed by atoms with Gasteiger partial charge < -0.3 is 5.32 Å². The maximum absolute atomic E-state index is 13.8. The number of amides is 3. The highest BCUT2D eigenvalue weighted by Gasteiger charge is 2.75. The van der Waals surface area contributed by atoms with Crippen LogP contribution in [-0.4, -0.2) is 35.2 Å². The van der Waals surface area contributed by atoms with E-state index in [-0.39, 0.29) is 0 Å². The van der Waals surface area contributed by atoms with Crippen LogP contribution >= 0.6 is 11.6 Å². The van der Waals surface area contributed by atoms with E-state index in [1.807, 2.05) is 4.90 Å². The second-order valence-corrected chi connectivity index (χ2v) is 9.22. The minimum Gasteiger partial charge on any atom is -0.323 e. The molecule has 0 aliphatic carbocycles. The molecule has 3 saturated heterocycles. The maximum Gasteiger partial charge on any atom is 0.418 e. The van der Waals surface area contributed by atoms with Crippen molar-refractivity contribution >= 4 is 40.7 Å². The van der Waals surface area contributed by atoms with Crippen molar-refractivity contribution in [2.24, 2.45) is 11.8 Å². The number of para-hydroxylation sites is 2. The zero-order valence-electron chi connectivity index (χ0n) is 17.0. The molecule has 170 valence electrons. The fourth-order valence-corrected chi connectivity index (χ4v) is 6.56. The summed E-state index contributed by atoms with van der Waals surface area (Å²) in [4.78, 5) is 43.5. The van der Waals surface area contributed by atoms with E-state index >= 15 is 0 Å². The van der Waals surface area contributed by atoms with Crippen LogP contribution in [0.4, 0.5) is 24.5 Å². The van der Waals surface area contributed by atoms with Crippen LogP contribution in [0.1, 0.15) is 24.0 Å². The summed E-state index contributed by atoms with van der Waals surface area (Å²) in [6.45, 7) is 0.497. The number of hydrogen-bond acceptors (Lipinski definition) is 4. The lowest BCUT2D eigenvalue weighted by molar-refractivity contribution is -0.138. The van der Waals surface area contributed by atoms with Crippen molar-refractivity contribution in [1.82, 2.24) is 4.90 Å². The van der Waals surface area contributed by atoms with Gasteiger partial charge in [0.1, 0.15) is 5.54 Å². The maximum atomic E-state index is 13.8. The summed E-state index contributed by atoms with van der Waals surface area (Å²) < 4.78 is 41.2. The van der Waals surface area contributed by atoms with E-state index in [4.69, 9.17) is 11.6 Å². The van der Waals surface area contributed by atoms with Gasteiger partial charge in [-0.3, -0.25) is 19.3 Å². The Morgan fingerprint density at radius 3 is 2.55 bits per heavy atom. The average molecular weight is 476 g/mol. The third-order valence-corrected chi connectivity index (χ3v) is 7.74. The largest absolute Gasteiger partial charge is 0.418 e. The number of hydrogen-bond donors (Lipinski definition) is 1. The van der Waals surface area contributed by atoms with E-state index in [2.05, 4.69) is 5.32 Å². The van der Waals surface area contributed by atoms with Crippen LogP contribution in [0.25, 0.3) is 0 Å². The lowest BCUT2D eigenvalue weighted by atomic mass is 9.75. The molecule has 0 aromatic heterocycles. The highest BCUT2D eigenvalue weighted by Crippen LogP contribution is 2.61. The van der Waals surface area contributed by atoms with Crippen molar-refractivity contribution < 1.29 is 27.6 Å².